The van der Waals surface area contributed by atoms with E-state index in [4.69, 9.17) is 9.47 Å². The Hall–Kier alpha value is -0.650. The predicted molar refractivity (Wildman–Crippen MR) is 61.4 cm³/mol. The van der Waals surface area contributed by atoms with Crippen molar-refractivity contribution in [2.24, 2.45) is 0 Å². The first-order valence-corrected chi connectivity index (χ1v) is 5.79. The van der Waals surface area contributed by atoms with Crippen LogP contribution in [0.3, 0.4) is 0 Å². The van der Waals surface area contributed by atoms with Gasteiger partial charge in [-0.3, -0.25) is 4.79 Å². The normalized spacial score (nSPS) is 20.8. The van der Waals surface area contributed by atoms with Crippen LogP contribution in [0.4, 0.5) is 0 Å². The molecule has 1 unspecified atom stereocenters. The molecule has 1 saturated heterocycles. The van der Waals surface area contributed by atoms with Gasteiger partial charge in [-0.15, -0.1) is 0 Å². The number of morpholine rings is 1. The van der Waals surface area contributed by atoms with E-state index < -0.39 is 0 Å². The molecule has 0 aromatic carbocycles. The van der Waals surface area contributed by atoms with E-state index in [-0.39, 0.29) is 12.0 Å². The second-order valence-electron chi connectivity index (χ2n) is 4.06. The van der Waals surface area contributed by atoms with Gasteiger partial charge >= 0.3 is 0 Å². The van der Waals surface area contributed by atoms with Gasteiger partial charge in [0.15, 0.2) is 0 Å². The van der Waals surface area contributed by atoms with E-state index in [2.05, 4.69) is 5.32 Å². The average Bonchev–Trinajstić information content (AvgIpc) is 2.30. The Kier molecular flexibility index (Phi) is 6.37. The van der Waals surface area contributed by atoms with Gasteiger partial charge < -0.3 is 19.7 Å². The number of carbonyl (C=O) groups is 1. The molecule has 16 heavy (non-hydrogen) atoms. The molecule has 5 nitrogen and oxygen atoms in total. The van der Waals surface area contributed by atoms with Crippen LogP contribution in [0.25, 0.3) is 0 Å². The molecular weight excluding hydrogens is 208 g/mol. The van der Waals surface area contributed by atoms with Crippen molar-refractivity contribution in [3.8, 4) is 0 Å². The van der Waals surface area contributed by atoms with Crippen LogP contribution >= 0.6 is 0 Å². The van der Waals surface area contributed by atoms with Gasteiger partial charge in [0, 0.05) is 40.4 Å². The number of hydrogen-bond acceptors (Lipinski definition) is 4. The van der Waals surface area contributed by atoms with Crippen molar-refractivity contribution in [1.29, 1.82) is 0 Å². The second kappa shape index (κ2) is 7.60. The fourth-order valence-corrected chi connectivity index (χ4v) is 1.67. The van der Waals surface area contributed by atoms with Crippen LogP contribution in [-0.2, 0) is 14.3 Å². The minimum absolute atomic E-state index is 0.0334. The molecule has 0 saturated carbocycles. The van der Waals surface area contributed by atoms with E-state index in [0.29, 0.717) is 19.6 Å². The van der Waals surface area contributed by atoms with Crippen molar-refractivity contribution in [1.82, 2.24) is 10.2 Å². The van der Waals surface area contributed by atoms with E-state index in [1.165, 1.54) is 0 Å². The second-order valence-corrected chi connectivity index (χ2v) is 4.06. The summed E-state index contributed by atoms with van der Waals surface area (Å²) in [5.74, 6) is 0.143. The van der Waals surface area contributed by atoms with Crippen molar-refractivity contribution >= 4 is 5.91 Å². The topological polar surface area (TPSA) is 50.8 Å². The number of nitrogens with zero attached hydrogens (tertiary/aromatic N) is 1. The molecule has 1 N–H and O–H groups in total. The molecule has 1 fully saturated rings. The van der Waals surface area contributed by atoms with Gasteiger partial charge in [-0.05, 0) is 6.42 Å². The van der Waals surface area contributed by atoms with Crippen LogP contribution in [0.5, 0.6) is 0 Å². The van der Waals surface area contributed by atoms with E-state index in [9.17, 15) is 4.79 Å². The molecule has 1 atom stereocenters. The Morgan fingerprint density at radius 3 is 3.06 bits per heavy atom. The molecule has 0 aromatic rings. The minimum atomic E-state index is 0.0334. The maximum absolute atomic E-state index is 11.8. The lowest BCUT2D eigenvalue weighted by Gasteiger charge is -2.25. The van der Waals surface area contributed by atoms with Crippen LogP contribution in [0.1, 0.15) is 12.8 Å². The summed E-state index contributed by atoms with van der Waals surface area (Å²) in [6.45, 7) is 3.79. The van der Waals surface area contributed by atoms with Gasteiger partial charge in [-0.2, -0.15) is 0 Å². The molecule has 1 aliphatic heterocycles. The third-order valence-corrected chi connectivity index (χ3v) is 2.67. The molecule has 0 spiro atoms. The van der Waals surface area contributed by atoms with Gasteiger partial charge in [0.25, 0.3) is 0 Å². The lowest BCUT2D eigenvalue weighted by Crippen LogP contribution is -2.42. The zero-order chi connectivity index (χ0) is 11.8. The number of amides is 1. The van der Waals surface area contributed by atoms with Crippen LogP contribution in [0.15, 0.2) is 0 Å². The predicted octanol–water partition coefficient (Wildman–Crippen LogP) is -0.140. The highest BCUT2D eigenvalue weighted by molar-refractivity contribution is 5.76. The summed E-state index contributed by atoms with van der Waals surface area (Å²) in [5.41, 5.74) is 0. The first kappa shape index (κ1) is 13.4. The molecule has 5 heteroatoms. The van der Waals surface area contributed by atoms with E-state index >= 15 is 0 Å². The summed E-state index contributed by atoms with van der Waals surface area (Å²) in [5, 5.41) is 3.22. The molecular formula is C11H22N2O3. The van der Waals surface area contributed by atoms with Crippen LogP contribution in [0.2, 0.25) is 0 Å². The zero-order valence-electron chi connectivity index (χ0n) is 10.2. The summed E-state index contributed by atoms with van der Waals surface area (Å²) < 4.78 is 10.4. The highest BCUT2D eigenvalue weighted by Gasteiger charge is 2.19. The number of nitrogens with one attached hydrogen (secondary N) is 1. The molecule has 94 valence electrons. The number of ether oxygens (including phenoxy) is 2. The summed E-state index contributed by atoms with van der Waals surface area (Å²) >= 11 is 0. The highest BCUT2D eigenvalue weighted by atomic mass is 16.5. The lowest BCUT2D eigenvalue weighted by atomic mass is 10.2. The van der Waals surface area contributed by atoms with Gasteiger partial charge in [-0.25, -0.2) is 0 Å². The Morgan fingerprint density at radius 1 is 1.62 bits per heavy atom. The van der Waals surface area contributed by atoms with Crippen molar-refractivity contribution in [2.75, 3.05) is 47.0 Å². The van der Waals surface area contributed by atoms with Gasteiger partial charge in [0.1, 0.15) is 0 Å². The third kappa shape index (κ3) is 4.92. The minimum Gasteiger partial charge on any atom is -0.385 e. The molecule has 0 radical (unpaired) electrons. The summed E-state index contributed by atoms with van der Waals surface area (Å²) in [4.78, 5) is 13.5. The number of carbonyl (C=O) groups excluding carboxylic acids is 1. The average molecular weight is 230 g/mol. The van der Waals surface area contributed by atoms with Crippen molar-refractivity contribution in [3.05, 3.63) is 0 Å². The number of rotatable bonds is 6. The Morgan fingerprint density at radius 2 is 2.44 bits per heavy atom. The molecule has 0 bridgehead atoms. The largest absolute Gasteiger partial charge is 0.385 e. The van der Waals surface area contributed by atoms with Gasteiger partial charge in [0.2, 0.25) is 5.91 Å². The maximum Gasteiger partial charge on any atom is 0.224 e. The molecule has 1 aliphatic rings. The Bertz CT molecular complexity index is 205. The van der Waals surface area contributed by atoms with Crippen LogP contribution in [0, 0.1) is 0 Å². The molecule has 0 aliphatic carbocycles. The van der Waals surface area contributed by atoms with E-state index in [0.717, 1.165) is 26.1 Å². The fourth-order valence-electron chi connectivity index (χ4n) is 1.67. The smallest absolute Gasteiger partial charge is 0.224 e. The monoisotopic (exact) mass is 230 g/mol. The van der Waals surface area contributed by atoms with Gasteiger partial charge in [0.05, 0.1) is 19.1 Å². The quantitative estimate of drug-likeness (QED) is 0.645. The number of hydrogen-bond donors (Lipinski definition) is 1. The van der Waals surface area contributed by atoms with E-state index in [1.54, 1.807) is 12.0 Å². The standard InChI is InChI=1S/C11H22N2O3/c1-13(5-3-6-15-2)11(14)8-10-9-12-4-7-16-10/h10,12H,3-9H2,1-2H3. The molecule has 0 aromatic heterocycles. The van der Waals surface area contributed by atoms with Crippen molar-refractivity contribution in [2.45, 2.75) is 18.9 Å². The third-order valence-electron chi connectivity index (χ3n) is 2.67. The molecule has 1 amide bonds. The molecule has 1 rings (SSSR count). The fraction of sp³-hybridized carbons (Fsp3) is 0.909. The first-order valence-electron chi connectivity index (χ1n) is 5.79. The summed E-state index contributed by atoms with van der Waals surface area (Å²) in [7, 11) is 3.50. The first-order chi connectivity index (χ1) is 7.74. The van der Waals surface area contributed by atoms with E-state index in [1.807, 2.05) is 7.05 Å². The van der Waals surface area contributed by atoms with Gasteiger partial charge in [-0.1, -0.05) is 0 Å². The maximum atomic E-state index is 11.8. The van der Waals surface area contributed by atoms with Crippen LogP contribution < -0.4 is 5.32 Å². The lowest BCUT2D eigenvalue weighted by molar-refractivity contribution is -0.133. The Balaban J connectivity index is 2.16. The summed E-state index contributed by atoms with van der Waals surface area (Å²) in [6.07, 6.45) is 1.38. The van der Waals surface area contributed by atoms with Crippen molar-refractivity contribution in [3.63, 3.8) is 0 Å². The molecule has 1 heterocycles. The highest BCUT2D eigenvalue weighted by Crippen LogP contribution is 2.04. The number of methoxy groups -OCH3 is 1. The Labute approximate surface area is 97.1 Å². The summed E-state index contributed by atoms with van der Waals surface area (Å²) in [6, 6.07) is 0. The zero-order valence-corrected chi connectivity index (χ0v) is 10.2. The van der Waals surface area contributed by atoms with Crippen molar-refractivity contribution < 1.29 is 14.3 Å². The van der Waals surface area contributed by atoms with Crippen LogP contribution in [-0.4, -0.2) is 63.9 Å². The SMILES string of the molecule is COCCCN(C)C(=O)CC1CNCCO1.